The van der Waals surface area contributed by atoms with E-state index in [1.54, 1.807) is 73.8 Å². The molecule has 0 aliphatic carbocycles. The average Bonchev–Trinajstić information content (AvgIpc) is 2.87. The Morgan fingerprint density at radius 2 is 1.77 bits per heavy atom. The first kappa shape index (κ1) is 25.8. The zero-order chi connectivity index (χ0) is 25.2. The number of ketones is 1. The molecule has 8 heteroatoms. The topological polar surface area (TPSA) is 90.9 Å². The molecule has 0 heterocycles. The summed E-state index contributed by atoms with van der Waals surface area (Å²) in [7, 11) is 1.56. The Hall–Kier alpha value is -3.78. The molecule has 0 fully saturated rings. The summed E-state index contributed by atoms with van der Waals surface area (Å²) in [5.74, 6) is 0.476. The number of hydrogen-bond acceptors (Lipinski definition) is 7. The number of carbonyl (C=O) groups excluding carboxylic acids is 3. The minimum Gasteiger partial charge on any atom is -0.497 e. The van der Waals surface area contributed by atoms with Gasteiger partial charge in [-0.1, -0.05) is 18.2 Å². The number of carbonyl (C=O) groups is 3. The highest BCUT2D eigenvalue weighted by atomic mass is 32.2. The molecule has 0 radical (unpaired) electrons. The minimum atomic E-state index is -0.531. The second-order valence-corrected chi connectivity index (χ2v) is 8.47. The molecule has 3 aromatic carbocycles. The maximum absolute atomic E-state index is 12.9. The lowest BCUT2D eigenvalue weighted by Gasteiger charge is -2.13. The van der Waals surface area contributed by atoms with Crippen LogP contribution in [-0.4, -0.2) is 37.1 Å². The van der Waals surface area contributed by atoms with Crippen molar-refractivity contribution in [1.29, 1.82) is 0 Å². The Morgan fingerprint density at radius 1 is 0.971 bits per heavy atom. The van der Waals surface area contributed by atoms with Crippen LogP contribution in [-0.2, 0) is 16.1 Å². The Kier molecular flexibility index (Phi) is 9.31. The fourth-order valence-corrected chi connectivity index (χ4v) is 4.07. The third kappa shape index (κ3) is 7.35. The van der Waals surface area contributed by atoms with Crippen LogP contribution in [0.5, 0.6) is 11.5 Å². The molecule has 0 bridgehead atoms. The van der Waals surface area contributed by atoms with E-state index in [4.69, 9.17) is 14.2 Å². The number of ether oxygens (including phenoxy) is 3. The fourth-order valence-electron chi connectivity index (χ4n) is 3.23. The van der Waals surface area contributed by atoms with Crippen molar-refractivity contribution in [2.75, 3.05) is 24.8 Å². The molecule has 0 saturated heterocycles. The minimum absolute atomic E-state index is 0.0510. The monoisotopic (exact) mass is 493 g/mol. The molecule has 182 valence electrons. The zero-order valence-corrected chi connectivity index (χ0v) is 20.6. The lowest BCUT2D eigenvalue weighted by atomic mass is 10.1. The van der Waals surface area contributed by atoms with E-state index in [9.17, 15) is 14.4 Å². The second kappa shape index (κ2) is 12.6. The predicted molar refractivity (Wildman–Crippen MR) is 136 cm³/mol. The number of amides is 1. The summed E-state index contributed by atoms with van der Waals surface area (Å²) in [6, 6.07) is 19.1. The second-order valence-electron chi connectivity index (χ2n) is 7.45. The van der Waals surface area contributed by atoms with Crippen molar-refractivity contribution in [2.45, 2.75) is 25.3 Å². The lowest BCUT2D eigenvalue weighted by Crippen LogP contribution is -2.14. The summed E-state index contributed by atoms with van der Waals surface area (Å²) in [6.07, 6.45) is 0. The summed E-state index contributed by atoms with van der Waals surface area (Å²) in [6.45, 7) is 3.72. The third-order valence-electron chi connectivity index (χ3n) is 4.94. The van der Waals surface area contributed by atoms with Crippen LogP contribution in [0.15, 0.2) is 71.6 Å². The average molecular weight is 494 g/mol. The van der Waals surface area contributed by atoms with Gasteiger partial charge < -0.3 is 19.5 Å². The summed E-state index contributed by atoms with van der Waals surface area (Å²) in [5, 5.41) is 2.82. The standard InChI is InChI=1S/C27H27NO6S/c1-4-33-24-13-12-19(18(2)29)14-20(24)16-34-27(31)23-10-5-6-11-25(23)35-17-26(30)28-21-8-7-9-22(15-21)32-3/h5-15H,4,16-17H2,1-3H3,(H,28,30). The van der Waals surface area contributed by atoms with E-state index >= 15 is 0 Å². The van der Waals surface area contributed by atoms with Crippen molar-refractivity contribution in [3.8, 4) is 11.5 Å². The van der Waals surface area contributed by atoms with E-state index in [1.165, 1.54) is 18.7 Å². The molecule has 0 aliphatic rings. The van der Waals surface area contributed by atoms with Gasteiger partial charge >= 0.3 is 5.97 Å². The van der Waals surface area contributed by atoms with Gasteiger partial charge in [-0.25, -0.2) is 4.79 Å². The molecular formula is C27H27NO6S. The Morgan fingerprint density at radius 3 is 2.51 bits per heavy atom. The molecule has 0 aliphatic heterocycles. The quantitative estimate of drug-likeness (QED) is 0.218. The first-order valence-corrected chi connectivity index (χ1v) is 12.0. The van der Waals surface area contributed by atoms with Gasteiger partial charge in [-0.15, -0.1) is 11.8 Å². The molecule has 0 saturated carbocycles. The Bertz CT molecular complexity index is 1210. The van der Waals surface area contributed by atoms with Gasteiger partial charge in [0.2, 0.25) is 5.91 Å². The Labute approximate surface area is 208 Å². The SMILES string of the molecule is CCOc1ccc(C(C)=O)cc1COC(=O)c1ccccc1SCC(=O)Nc1cccc(OC)c1. The van der Waals surface area contributed by atoms with Crippen molar-refractivity contribution in [1.82, 2.24) is 0 Å². The van der Waals surface area contributed by atoms with Gasteiger partial charge in [0, 0.05) is 27.8 Å². The van der Waals surface area contributed by atoms with Gasteiger partial charge in [0.05, 0.1) is 25.0 Å². The molecule has 0 atom stereocenters. The molecule has 7 nitrogen and oxygen atoms in total. The van der Waals surface area contributed by atoms with Gasteiger partial charge in [-0.3, -0.25) is 9.59 Å². The Balaban J connectivity index is 1.65. The first-order valence-electron chi connectivity index (χ1n) is 11.0. The molecule has 0 aromatic heterocycles. The molecule has 1 amide bonds. The number of benzene rings is 3. The summed E-state index contributed by atoms with van der Waals surface area (Å²) < 4.78 is 16.3. The van der Waals surface area contributed by atoms with Crippen LogP contribution >= 0.6 is 11.8 Å². The summed E-state index contributed by atoms with van der Waals surface area (Å²) in [4.78, 5) is 37.7. The van der Waals surface area contributed by atoms with Crippen LogP contribution in [0.25, 0.3) is 0 Å². The number of anilines is 1. The van der Waals surface area contributed by atoms with Crippen molar-refractivity contribution < 1.29 is 28.6 Å². The van der Waals surface area contributed by atoms with E-state index in [0.717, 1.165) is 0 Å². The fraction of sp³-hybridized carbons (Fsp3) is 0.222. The third-order valence-corrected chi connectivity index (χ3v) is 6.02. The molecule has 3 aromatic rings. The number of Topliss-reactive ketones (excluding diaryl/α,β-unsaturated/α-hetero) is 1. The molecule has 35 heavy (non-hydrogen) atoms. The van der Waals surface area contributed by atoms with Crippen LogP contribution in [0, 0.1) is 0 Å². The normalized spacial score (nSPS) is 10.4. The number of nitrogens with one attached hydrogen (secondary N) is 1. The molecule has 0 spiro atoms. The van der Waals surface area contributed by atoms with Crippen LogP contribution in [0.2, 0.25) is 0 Å². The molecular weight excluding hydrogens is 466 g/mol. The van der Waals surface area contributed by atoms with Crippen LogP contribution in [0.3, 0.4) is 0 Å². The van der Waals surface area contributed by atoms with Gasteiger partial charge in [-0.05, 0) is 56.3 Å². The highest BCUT2D eigenvalue weighted by Gasteiger charge is 2.16. The number of esters is 1. The predicted octanol–water partition coefficient (Wildman–Crippen LogP) is 5.38. The number of thioether (sulfide) groups is 1. The van der Waals surface area contributed by atoms with Gasteiger partial charge in [0.25, 0.3) is 0 Å². The molecule has 0 unspecified atom stereocenters. The van der Waals surface area contributed by atoms with Crippen molar-refractivity contribution >= 4 is 35.1 Å². The van der Waals surface area contributed by atoms with Crippen molar-refractivity contribution in [3.63, 3.8) is 0 Å². The van der Waals surface area contributed by atoms with Crippen molar-refractivity contribution in [2.24, 2.45) is 0 Å². The summed E-state index contributed by atoms with van der Waals surface area (Å²) in [5.41, 5.74) is 2.10. The highest BCUT2D eigenvalue weighted by molar-refractivity contribution is 8.00. The number of hydrogen-bond donors (Lipinski definition) is 1. The van der Waals surface area contributed by atoms with Crippen LogP contribution < -0.4 is 14.8 Å². The smallest absolute Gasteiger partial charge is 0.339 e. The molecule has 1 N–H and O–H groups in total. The van der Waals surface area contributed by atoms with E-state index < -0.39 is 5.97 Å². The van der Waals surface area contributed by atoms with Gasteiger partial charge in [-0.2, -0.15) is 0 Å². The van der Waals surface area contributed by atoms with E-state index in [2.05, 4.69) is 5.32 Å². The number of rotatable bonds is 11. The van der Waals surface area contributed by atoms with Crippen molar-refractivity contribution in [3.05, 3.63) is 83.4 Å². The zero-order valence-electron chi connectivity index (χ0n) is 19.8. The maximum Gasteiger partial charge on any atom is 0.339 e. The van der Waals surface area contributed by atoms with Gasteiger partial charge in [0.1, 0.15) is 18.1 Å². The van der Waals surface area contributed by atoms with E-state index in [1.807, 2.05) is 6.92 Å². The van der Waals surface area contributed by atoms with Crippen LogP contribution in [0.1, 0.15) is 40.1 Å². The summed E-state index contributed by atoms with van der Waals surface area (Å²) >= 11 is 1.24. The van der Waals surface area contributed by atoms with E-state index in [-0.39, 0.29) is 24.1 Å². The largest absolute Gasteiger partial charge is 0.497 e. The van der Waals surface area contributed by atoms with Gasteiger partial charge in [0.15, 0.2) is 5.78 Å². The highest BCUT2D eigenvalue weighted by Crippen LogP contribution is 2.26. The number of methoxy groups -OCH3 is 1. The van der Waals surface area contributed by atoms with E-state index in [0.29, 0.717) is 45.4 Å². The molecule has 3 rings (SSSR count). The maximum atomic E-state index is 12.9. The lowest BCUT2D eigenvalue weighted by molar-refractivity contribution is -0.113. The van der Waals surface area contributed by atoms with Crippen LogP contribution in [0.4, 0.5) is 5.69 Å². The first-order chi connectivity index (χ1) is 16.9.